The fraction of sp³-hybridized carbons (Fsp3) is 1.00. The Kier molecular flexibility index (Phi) is 15.3. The Morgan fingerprint density at radius 2 is 1.55 bits per heavy atom. The van der Waals surface area contributed by atoms with Crippen molar-refractivity contribution in [3.63, 3.8) is 0 Å². The van der Waals surface area contributed by atoms with E-state index in [9.17, 15) is 0 Å². The van der Waals surface area contributed by atoms with Gasteiger partial charge in [0.05, 0.1) is 0 Å². The van der Waals surface area contributed by atoms with Crippen LogP contribution in [0.5, 0.6) is 0 Å². The summed E-state index contributed by atoms with van der Waals surface area (Å²) in [4.78, 5) is 0. The molecule has 20 heavy (non-hydrogen) atoms. The number of nitrogens with one attached hydrogen (secondary N) is 1. The molecule has 0 bridgehead atoms. The number of hydrogen-bond acceptors (Lipinski definition) is 2. The number of methoxy groups -OCH3 is 1. The molecule has 0 aliphatic rings. The number of ether oxygens (including phenoxy) is 1. The first-order valence-electron chi connectivity index (χ1n) is 8.96. The molecule has 2 unspecified atom stereocenters. The molecular weight excluding hydrogens is 246 g/mol. The topological polar surface area (TPSA) is 21.3 Å². The molecule has 0 amide bonds. The molecule has 1 N–H and O–H groups in total. The van der Waals surface area contributed by atoms with Crippen LogP contribution in [0, 0.1) is 5.92 Å². The van der Waals surface area contributed by atoms with Gasteiger partial charge >= 0.3 is 0 Å². The highest BCUT2D eigenvalue weighted by Crippen LogP contribution is 2.14. The quantitative estimate of drug-likeness (QED) is 0.419. The van der Waals surface area contributed by atoms with Crippen LogP contribution in [0.25, 0.3) is 0 Å². The molecule has 0 spiro atoms. The maximum atomic E-state index is 5.26. The van der Waals surface area contributed by atoms with E-state index in [1.807, 2.05) is 0 Å². The Morgan fingerprint density at radius 1 is 0.900 bits per heavy atom. The third-order valence-corrected chi connectivity index (χ3v) is 3.98. The number of unbranched alkanes of at least 4 members (excludes halogenated alkanes) is 6. The lowest BCUT2D eigenvalue weighted by Gasteiger charge is -2.22. The number of hydrogen-bond donors (Lipinski definition) is 1. The summed E-state index contributed by atoms with van der Waals surface area (Å²) in [6.45, 7) is 8.87. The molecule has 2 heteroatoms. The van der Waals surface area contributed by atoms with Crippen LogP contribution in [0.1, 0.15) is 85.0 Å². The monoisotopic (exact) mass is 285 g/mol. The van der Waals surface area contributed by atoms with E-state index in [-0.39, 0.29) is 0 Å². The Labute approximate surface area is 128 Å². The first-order chi connectivity index (χ1) is 9.74. The van der Waals surface area contributed by atoms with Crippen LogP contribution < -0.4 is 5.32 Å². The normalized spacial score (nSPS) is 14.4. The van der Waals surface area contributed by atoms with Gasteiger partial charge < -0.3 is 10.1 Å². The molecule has 0 radical (unpaired) electrons. The van der Waals surface area contributed by atoms with Gasteiger partial charge in [0.1, 0.15) is 0 Å². The summed E-state index contributed by atoms with van der Waals surface area (Å²) in [5.74, 6) is 0.666. The van der Waals surface area contributed by atoms with Crippen molar-refractivity contribution in [1.82, 2.24) is 5.32 Å². The van der Waals surface area contributed by atoms with Crippen LogP contribution in [0.4, 0.5) is 0 Å². The lowest BCUT2D eigenvalue weighted by Crippen LogP contribution is -2.32. The Hall–Kier alpha value is -0.0800. The second-order valence-electron chi connectivity index (χ2n) is 6.36. The standard InChI is InChI=1S/C18H39NO/c1-5-7-8-9-10-11-12-13-18(19-14-6-2)15-17(3)16-20-4/h17-19H,5-16H2,1-4H3. The minimum atomic E-state index is 0.666. The molecular formula is C18H39NO. The molecule has 122 valence electrons. The van der Waals surface area contributed by atoms with E-state index in [0.717, 1.165) is 13.2 Å². The van der Waals surface area contributed by atoms with Gasteiger partial charge in [-0.05, 0) is 31.7 Å². The summed E-state index contributed by atoms with van der Waals surface area (Å²) < 4.78 is 5.26. The van der Waals surface area contributed by atoms with E-state index >= 15 is 0 Å². The van der Waals surface area contributed by atoms with Crippen molar-refractivity contribution in [2.75, 3.05) is 20.3 Å². The van der Waals surface area contributed by atoms with E-state index in [1.165, 1.54) is 64.2 Å². The zero-order valence-corrected chi connectivity index (χ0v) is 14.5. The fourth-order valence-electron chi connectivity index (χ4n) is 2.84. The van der Waals surface area contributed by atoms with Crippen molar-refractivity contribution >= 4 is 0 Å². The van der Waals surface area contributed by atoms with E-state index < -0.39 is 0 Å². The summed E-state index contributed by atoms with van der Waals surface area (Å²) in [5, 5.41) is 3.71. The van der Waals surface area contributed by atoms with Crippen LogP contribution in [0.15, 0.2) is 0 Å². The van der Waals surface area contributed by atoms with Gasteiger partial charge in [0.2, 0.25) is 0 Å². The van der Waals surface area contributed by atoms with Crippen LogP contribution in [0.3, 0.4) is 0 Å². The first kappa shape index (κ1) is 19.9. The Balaban J connectivity index is 3.69. The lowest BCUT2D eigenvalue weighted by atomic mass is 9.97. The maximum absolute atomic E-state index is 5.26. The van der Waals surface area contributed by atoms with Crippen molar-refractivity contribution < 1.29 is 4.74 Å². The summed E-state index contributed by atoms with van der Waals surface area (Å²) in [6, 6.07) is 0.691. The molecule has 0 saturated carbocycles. The molecule has 2 atom stereocenters. The SMILES string of the molecule is CCCCCCCCCC(CC(C)COC)NCCC. The second kappa shape index (κ2) is 15.3. The molecule has 0 fully saturated rings. The van der Waals surface area contributed by atoms with Crippen LogP contribution in [0.2, 0.25) is 0 Å². The first-order valence-corrected chi connectivity index (χ1v) is 8.96. The van der Waals surface area contributed by atoms with E-state index in [2.05, 4.69) is 26.1 Å². The predicted molar refractivity (Wildman–Crippen MR) is 90.3 cm³/mol. The smallest absolute Gasteiger partial charge is 0.0488 e. The van der Waals surface area contributed by atoms with Crippen LogP contribution >= 0.6 is 0 Å². The second-order valence-corrected chi connectivity index (χ2v) is 6.36. The lowest BCUT2D eigenvalue weighted by molar-refractivity contribution is 0.148. The molecule has 0 aliphatic heterocycles. The van der Waals surface area contributed by atoms with Crippen molar-refractivity contribution in [1.29, 1.82) is 0 Å². The minimum absolute atomic E-state index is 0.666. The van der Waals surface area contributed by atoms with Gasteiger partial charge in [-0.15, -0.1) is 0 Å². The van der Waals surface area contributed by atoms with Crippen LogP contribution in [-0.4, -0.2) is 26.3 Å². The third kappa shape index (κ3) is 12.9. The highest BCUT2D eigenvalue weighted by atomic mass is 16.5. The average Bonchev–Trinajstić information content (AvgIpc) is 2.43. The van der Waals surface area contributed by atoms with Gasteiger partial charge in [0.25, 0.3) is 0 Å². The fourth-order valence-corrected chi connectivity index (χ4v) is 2.84. The van der Waals surface area contributed by atoms with Crippen molar-refractivity contribution in [3.8, 4) is 0 Å². The van der Waals surface area contributed by atoms with Gasteiger partial charge in [-0.2, -0.15) is 0 Å². The molecule has 2 nitrogen and oxygen atoms in total. The van der Waals surface area contributed by atoms with Gasteiger partial charge in [-0.1, -0.05) is 65.7 Å². The molecule has 0 aliphatic carbocycles. The van der Waals surface area contributed by atoms with Crippen molar-refractivity contribution in [3.05, 3.63) is 0 Å². The summed E-state index contributed by atoms with van der Waals surface area (Å²) >= 11 is 0. The van der Waals surface area contributed by atoms with Gasteiger partial charge in [-0.25, -0.2) is 0 Å². The van der Waals surface area contributed by atoms with Gasteiger partial charge in [0, 0.05) is 19.8 Å². The predicted octanol–water partition coefficient (Wildman–Crippen LogP) is 5.17. The minimum Gasteiger partial charge on any atom is -0.384 e. The average molecular weight is 286 g/mol. The van der Waals surface area contributed by atoms with E-state index in [1.54, 1.807) is 7.11 Å². The zero-order chi connectivity index (χ0) is 15.1. The number of rotatable bonds is 15. The molecule has 0 heterocycles. The third-order valence-electron chi connectivity index (χ3n) is 3.98. The highest BCUT2D eigenvalue weighted by Gasteiger charge is 2.12. The Bertz CT molecular complexity index is 184. The largest absolute Gasteiger partial charge is 0.384 e. The van der Waals surface area contributed by atoms with E-state index in [4.69, 9.17) is 4.74 Å². The van der Waals surface area contributed by atoms with Gasteiger partial charge in [0.15, 0.2) is 0 Å². The maximum Gasteiger partial charge on any atom is 0.0488 e. The molecule has 0 saturated heterocycles. The summed E-state index contributed by atoms with van der Waals surface area (Å²) in [7, 11) is 1.81. The van der Waals surface area contributed by atoms with Crippen molar-refractivity contribution in [2.24, 2.45) is 5.92 Å². The highest BCUT2D eigenvalue weighted by molar-refractivity contribution is 4.70. The summed E-state index contributed by atoms with van der Waals surface area (Å²) in [5.41, 5.74) is 0. The summed E-state index contributed by atoms with van der Waals surface area (Å²) in [6.07, 6.45) is 13.7. The van der Waals surface area contributed by atoms with Crippen LogP contribution in [-0.2, 0) is 4.74 Å². The molecule has 0 aromatic carbocycles. The Morgan fingerprint density at radius 3 is 2.15 bits per heavy atom. The van der Waals surface area contributed by atoms with Gasteiger partial charge in [-0.3, -0.25) is 0 Å². The molecule has 0 rings (SSSR count). The molecule has 0 aromatic heterocycles. The van der Waals surface area contributed by atoms with Crippen molar-refractivity contribution in [2.45, 2.75) is 91.0 Å². The molecule has 0 aromatic rings. The zero-order valence-electron chi connectivity index (χ0n) is 14.5. The van der Waals surface area contributed by atoms with E-state index in [0.29, 0.717) is 12.0 Å².